The summed E-state index contributed by atoms with van der Waals surface area (Å²) >= 11 is 5.31. The molecule has 96 valence electrons. The largest absolute Gasteiger partial charge is 0.343 e. The van der Waals surface area contributed by atoms with Gasteiger partial charge >= 0.3 is 0 Å². The van der Waals surface area contributed by atoms with E-state index < -0.39 is 6.49 Å². The van der Waals surface area contributed by atoms with Crippen LogP contribution in [0, 0.1) is 0 Å². The maximum Gasteiger partial charge on any atom is 0.232 e. The Morgan fingerprint density at radius 3 is 1.88 bits per heavy atom. The topological polar surface area (TPSA) is 38.8 Å². The molecule has 16 heavy (non-hydrogen) atoms. The fourth-order valence-corrected chi connectivity index (χ4v) is 3.90. The summed E-state index contributed by atoms with van der Waals surface area (Å²) < 4.78 is 10.9. The highest BCUT2D eigenvalue weighted by Crippen LogP contribution is 2.48. The van der Waals surface area contributed by atoms with Crippen molar-refractivity contribution in [1.29, 1.82) is 0 Å². The van der Waals surface area contributed by atoms with E-state index in [1.807, 2.05) is 27.7 Å². The van der Waals surface area contributed by atoms with Crippen LogP contribution in [-0.2, 0) is 25.6 Å². The molecule has 0 N–H and O–H groups in total. The third-order valence-corrected chi connectivity index (χ3v) is 5.08. The average Bonchev–Trinajstić information content (AvgIpc) is 2.19. The zero-order valence-electron chi connectivity index (χ0n) is 10.6. The Kier molecular flexibility index (Phi) is 8.20. The van der Waals surface area contributed by atoms with E-state index in [-0.39, 0.29) is 12.1 Å². The van der Waals surface area contributed by atoms with Crippen LogP contribution in [-0.4, -0.2) is 43.3 Å². The molecule has 0 spiro atoms. The summed E-state index contributed by atoms with van der Waals surface area (Å²) in [5.74, 6) is 0.0234. The Morgan fingerprint density at radius 1 is 1.12 bits per heavy atom. The minimum Gasteiger partial charge on any atom is -0.343 e. The van der Waals surface area contributed by atoms with Gasteiger partial charge in [-0.25, -0.2) is 0 Å². The molecule has 0 aliphatic heterocycles. The van der Waals surface area contributed by atoms with Crippen LogP contribution in [0.25, 0.3) is 0 Å². The smallest absolute Gasteiger partial charge is 0.232 e. The second-order valence-corrected chi connectivity index (χ2v) is 6.89. The van der Waals surface area contributed by atoms with Gasteiger partial charge in [0.1, 0.15) is 6.16 Å². The van der Waals surface area contributed by atoms with E-state index >= 15 is 0 Å². The van der Waals surface area contributed by atoms with Gasteiger partial charge in [-0.15, -0.1) is 0 Å². The molecule has 0 bridgehead atoms. The van der Waals surface area contributed by atoms with Crippen molar-refractivity contribution in [2.45, 2.75) is 27.7 Å². The van der Waals surface area contributed by atoms with E-state index in [0.717, 1.165) is 0 Å². The monoisotopic (exact) mass is 267 g/mol. The Morgan fingerprint density at radius 2 is 1.56 bits per heavy atom. The maximum atomic E-state index is 11.9. The lowest BCUT2D eigenvalue weighted by atomic mass is 10.5. The average molecular weight is 267 g/mol. The summed E-state index contributed by atoms with van der Waals surface area (Å²) in [7, 11) is 0. The van der Waals surface area contributed by atoms with Crippen molar-refractivity contribution in [3.8, 4) is 0 Å². The zero-order valence-corrected chi connectivity index (χ0v) is 12.3. The molecular formula is C10H22NO3PS. The molecule has 6 heteroatoms. The van der Waals surface area contributed by atoms with Crippen LogP contribution in [0.5, 0.6) is 0 Å². The van der Waals surface area contributed by atoms with Gasteiger partial charge < -0.3 is 13.9 Å². The van der Waals surface area contributed by atoms with Crippen molar-refractivity contribution in [2.24, 2.45) is 0 Å². The fourth-order valence-electron chi connectivity index (χ4n) is 1.36. The van der Waals surface area contributed by atoms with Gasteiger partial charge in [0.25, 0.3) is 0 Å². The number of carbonyl (C=O) groups is 1. The van der Waals surface area contributed by atoms with Crippen molar-refractivity contribution in [1.82, 2.24) is 4.90 Å². The molecule has 0 atom stereocenters. The first-order valence-electron chi connectivity index (χ1n) is 5.68. The van der Waals surface area contributed by atoms with Crippen LogP contribution in [0.15, 0.2) is 0 Å². The van der Waals surface area contributed by atoms with Gasteiger partial charge in [0, 0.05) is 13.1 Å². The maximum absolute atomic E-state index is 11.9. The quantitative estimate of drug-likeness (QED) is 0.632. The molecule has 0 saturated heterocycles. The van der Waals surface area contributed by atoms with Crippen molar-refractivity contribution < 1.29 is 13.8 Å². The van der Waals surface area contributed by atoms with Crippen molar-refractivity contribution in [2.75, 3.05) is 32.5 Å². The van der Waals surface area contributed by atoms with Crippen molar-refractivity contribution in [3.05, 3.63) is 0 Å². The van der Waals surface area contributed by atoms with Gasteiger partial charge in [0.15, 0.2) is 6.49 Å². The third kappa shape index (κ3) is 5.39. The lowest BCUT2D eigenvalue weighted by Gasteiger charge is -2.24. The summed E-state index contributed by atoms with van der Waals surface area (Å²) in [6.07, 6.45) is 0.200. The molecule has 0 aromatic rings. The Balaban J connectivity index is 4.50. The van der Waals surface area contributed by atoms with Crippen LogP contribution in [0.1, 0.15) is 27.7 Å². The lowest BCUT2D eigenvalue weighted by molar-refractivity contribution is -0.128. The van der Waals surface area contributed by atoms with Gasteiger partial charge in [0.05, 0.1) is 13.2 Å². The first kappa shape index (κ1) is 16.0. The lowest BCUT2D eigenvalue weighted by Crippen LogP contribution is -2.33. The van der Waals surface area contributed by atoms with Crippen molar-refractivity contribution in [3.63, 3.8) is 0 Å². The van der Waals surface area contributed by atoms with Crippen LogP contribution in [0.3, 0.4) is 0 Å². The van der Waals surface area contributed by atoms with E-state index in [2.05, 4.69) is 0 Å². The van der Waals surface area contributed by atoms with Gasteiger partial charge in [0.2, 0.25) is 5.91 Å². The highest BCUT2D eigenvalue weighted by molar-refractivity contribution is 8.10. The van der Waals surface area contributed by atoms with Crippen molar-refractivity contribution >= 4 is 24.2 Å². The number of hydrogen-bond donors (Lipinski definition) is 0. The van der Waals surface area contributed by atoms with Gasteiger partial charge in [-0.05, 0) is 39.5 Å². The summed E-state index contributed by atoms with van der Waals surface area (Å²) in [5, 5.41) is 0. The van der Waals surface area contributed by atoms with Crippen LogP contribution < -0.4 is 0 Å². The molecule has 0 aliphatic carbocycles. The molecule has 0 aromatic heterocycles. The molecule has 0 fully saturated rings. The minimum absolute atomic E-state index is 0.0234. The van der Waals surface area contributed by atoms with E-state index in [1.165, 1.54) is 0 Å². The van der Waals surface area contributed by atoms with Gasteiger partial charge in [-0.2, -0.15) is 0 Å². The Hall–Kier alpha value is 0.0400. The number of carbonyl (C=O) groups excluding carboxylic acids is 1. The van der Waals surface area contributed by atoms with E-state index in [0.29, 0.717) is 26.3 Å². The number of amides is 1. The molecule has 0 aliphatic rings. The van der Waals surface area contributed by atoms with Crippen LogP contribution in [0.4, 0.5) is 0 Å². The van der Waals surface area contributed by atoms with Crippen LogP contribution in [0.2, 0.25) is 0 Å². The summed E-state index contributed by atoms with van der Waals surface area (Å²) in [4.78, 5) is 13.6. The SMILES string of the molecule is CCOP(=S)(CC(=O)N(CC)CC)OCC. The highest BCUT2D eigenvalue weighted by Gasteiger charge is 2.24. The molecular weight excluding hydrogens is 245 g/mol. The Bertz CT molecular complexity index is 246. The Labute approximate surface area is 103 Å². The molecule has 0 radical (unpaired) electrons. The second kappa shape index (κ2) is 8.18. The predicted octanol–water partition coefficient (Wildman–Crippen LogP) is 2.24. The highest BCUT2D eigenvalue weighted by atomic mass is 32.5. The first-order valence-corrected chi connectivity index (χ1v) is 8.51. The predicted molar refractivity (Wildman–Crippen MR) is 70.3 cm³/mol. The summed E-state index contributed by atoms with van der Waals surface area (Å²) in [6, 6.07) is 0. The molecule has 0 unspecified atom stereocenters. The van der Waals surface area contributed by atoms with Crippen LogP contribution >= 0.6 is 6.49 Å². The first-order chi connectivity index (χ1) is 7.52. The molecule has 0 aromatic carbocycles. The number of rotatable bonds is 8. The fraction of sp³-hybridized carbons (Fsp3) is 0.900. The van der Waals surface area contributed by atoms with E-state index in [1.54, 1.807) is 4.90 Å². The summed E-state index contributed by atoms with van der Waals surface area (Å²) in [5.41, 5.74) is 0. The molecule has 0 heterocycles. The third-order valence-electron chi connectivity index (χ3n) is 2.10. The standard InChI is InChI=1S/C10H22NO3PS/c1-5-11(6-2)10(12)9-15(16,13-7-3)14-8-4/h5-9H2,1-4H3. The number of hydrogen-bond acceptors (Lipinski definition) is 4. The second-order valence-electron chi connectivity index (χ2n) is 3.17. The molecule has 4 nitrogen and oxygen atoms in total. The zero-order chi connectivity index (χ0) is 12.6. The minimum atomic E-state index is -2.41. The molecule has 0 rings (SSSR count). The van der Waals surface area contributed by atoms with Gasteiger partial charge in [-0.3, -0.25) is 4.79 Å². The normalized spacial score (nSPS) is 11.5. The van der Waals surface area contributed by atoms with Gasteiger partial charge in [-0.1, -0.05) is 0 Å². The van der Waals surface area contributed by atoms with E-state index in [4.69, 9.17) is 20.9 Å². The summed E-state index contributed by atoms with van der Waals surface area (Å²) in [6.45, 7) is 7.59. The number of nitrogens with zero attached hydrogens (tertiary/aromatic N) is 1. The van der Waals surface area contributed by atoms with E-state index in [9.17, 15) is 4.79 Å². The molecule has 1 amide bonds. The molecule has 0 saturated carbocycles.